The van der Waals surface area contributed by atoms with Gasteiger partial charge in [0.1, 0.15) is 12.2 Å². The van der Waals surface area contributed by atoms with E-state index in [-0.39, 0.29) is 6.61 Å². The van der Waals surface area contributed by atoms with Gasteiger partial charge >= 0.3 is 0 Å². The van der Waals surface area contributed by atoms with Crippen molar-refractivity contribution in [3.63, 3.8) is 0 Å². The van der Waals surface area contributed by atoms with Crippen molar-refractivity contribution in [2.45, 2.75) is 50.6 Å². The molecule has 1 aliphatic heterocycles. The van der Waals surface area contributed by atoms with Crippen molar-refractivity contribution in [1.29, 1.82) is 0 Å². The molecule has 0 saturated carbocycles. The first-order chi connectivity index (χ1) is 7.40. The summed E-state index contributed by atoms with van der Waals surface area (Å²) in [6, 6.07) is 0. The SMILES string of the molecule is C=CC(F)(F)C(O)C1COC(CC)(CC)O1. The topological polar surface area (TPSA) is 38.7 Å². The van der Waals surface area contributed by atoms with Crippen LogP contribution in [-0.2, 0) is 9.47 Å². The predicted octanol–water partition coefficient (Wildman–Crippen LogP) is 2.10. The predicted molar refractivity (Wildman–Crippen MR) is 55.3 cm³/mol. The van der Waals surface area contributed by atoms with Gasteiger partial charge in [-0.3, -0.25) is 0 Å². The van der Waals surface area contributed by atoms with Crippen LogP contribution in [0.25, 0.3) is 0 Å². The molecule has 0 spiro atoms. The Morgan fingerprint density at radius 2 is 2.12 bits per heavy atom. The van der Waals surface area contributed by atoms with E-state index in [4.69, 9.17) is 9.47 Å². The quantitative estimate of drug-likeness (QED) is 0.743. The zero-order valence-electron chi connectivity index (χ0n) is 9.58. The minimum absolute atomic E-state index is 0.0216. The maximum atomic E-state index is 13.2. The number of halogens is 2. The molecule has 1 rings (SSSR count). The summed E-state index contributed by atoms with van der Waals surface area (Å²) in [6.07, 6.45) is -1.37. The van der Waals surface area contributed by atoms with Crippen molar-refractivity contribution in [1.82, 2.24) is 0 Å². The largest absolute Gasteiger partial charge is 0.384 e. The van der Waals surface area contributed by atoms with E-state index in [1.165, 1.54) is 0 Å². The molecule has 3 nitrogen and oxygen atoms in total. The number of aliphatic hydroxyl groups is 1. The van der Waals surface area contributed by atoms with Crippen LogP contribution in [0.3, 0.4) is 0 Å². The zero-order valence-corrected chi connectivity index (χ0v) is 9.58. The van der Waals surface area contributed by atoms with Gasteiger partial charge in [-0.1, -0.05) is 20.4 Å². The lowest BCUT2D eigenvalue weighted by atomic mass is 10.1. The van der Waals surface area contributed by atoms with E-state index in [1.54, 1.807) is 0 Å². The normalized spacial score (nSPS) is 26.7. The maximum absolute atomic E-state index is 13.2. The second-order valence-electron chi connectivity index (χ2n) is 3.91. The van der Waals surface area contributed by atoms with Gasteiger partial charge in [0.2, 0.25) is 0 Å². The number of ether oxygens (including phenoxy) is 2. The van der Waals surface area contributed by atoms with Gasteiger partial charge in [0.15, 0.2) is 5.79 Å². The molecule has 0 radical (unpaired) electrons. The summed E-state index contributed by atoms with van der Waals surface area (Å²) in [5.41, 5.74) is 0. The summed E-state index contributed by atoms with van der Waals surface area (Å²) in [6.45, 7) is 6.68. The van der Waals surface area contributed by atoms with E-state index >= 15 is 0 Å². The third-order valence-electron chi connectivity index (χ3n) is 2.97. The average molecular weight is 236 g/mol. The summed E-state index contributed by atoms with van der Waals surface area (Å²) in [5.74, 6) is -4.19. The molecule has 94 valence electrons. The van der Waals surface area contributed by atoms with Gasteiger partial charge in [-0.25, -0.2) is 0 Å². The molecule has 2 atom stereocenters. The molecular formula is C11H18F2O3. The van der Waals surface area contributed by atoms with Crippen molar-refractivity contribution in [2.75, 3.05) is 6.61 Å². The smallest absolute Gasteiger partial charge is 0.294 e. The molecule has 0 aliphatic carbocycles. The molecule has 1 heterocycles. The molecule has 0 aromatic rings. The molecule has 0 aromatic carbocycles. The molecule has 1 fully saturated rings. The fourth-order valence-electron chi connectivity index (χ4n) is 1.72. The standard InChI is InChI=1S/C11H18F2O3/c1-4-10(5-2)15-7-8(16-10)9(14)11(12,13)6-3/h6,8-9,14H,3-5,7H2,1-2H3. The Morgan fingerprint density at radius 1 is 1.56 bits per heavy atom. The van der Waals surface area contributed by atoms with Gasteiger partial charge in [0.25, 0.3) is 5.92 Å². The second kappa shape index (κ2) is 4.77. The molecule has 1 N–H and O–H groups in total. The number of hydrogen-bond acceptors (Lipinski definition) is 3. The maximum Gasteiger partial charge on any atom is 0.294 e. The Labute approximate surface area is 94.0 Å². The van der Waals surface area contributed by atoms with Crippen LogP contribution < -0.4 is 0 Å². The molecule has 5 heteroatoms. The Balaban J connectivity index is 2.69. The van der Waals surface area contributed by atoms with Crippen LogP contribution in [0.2, 0.25) is 0 Å². The first-order valence-corrected chi connectivity index (χ1v) is 5.42. The van der Waals surface area contributed by atoms with Crippen LogP contribution in [0, 0.1) is 0 Å². The lowest BCUT2D eigenvalue weighted by Crippen LogP contribution is -2.43. The molecular weight excluding hydrogens is 218 g/mol. The zero-order chi connectivity index (χ0) is 12.4. The molecule has 0 amide bonds. The lowest BCUT2D eigenvalue weighted by molar-refractivity contribution is -0.198. The van der Waals surface area contributed by atoms with Crippen LogP contribution in [-0.4, -0.2) is 35.6 Å². The highest BCUT2D eigenvalue weighted by Crippen LogP contribution is 2.35. The lowest BCUT2D eigenvalue weighted by Gasteiger charge is -2.27. The van der Waals surface area contributed by atoms with E-state index in [9.17, 15) is 13.9 Å². The van der Waals surface area contributed by atoms with Gasteiger partial charge in [-0.2, -0.15) is 8.78 Å². The van der Waals surface area contributed by atoms with Crippen LogP contribution in [0.4, 0.5) is 8.78 Å². The van der Waals surface area contributed by atoms with Crippen molar-refractivity contribution >= 4 is 0 Å². The van der Waals surface area contributed by atoms with Crippen molar-refractivity contribution in [3.05, 3.63) is 12.7 Å². The fourth-order valence-corrected chi connectivity index (χ4v) is 1.72. The van der Waals surface area contributed by atoms with E-state index in [0.717, 1.165) is 0 Å². The molecule has 1 saturated heterocycles. The first-order valence-electron chi connectivity index (χ1n) is 5.42. The van der Waals surface area contributed by atoms with Crippen molar-refractivity contribution in [2.24, 2.45) is 0 Å². The van der Waals surface area contributed by atoms with E-state index < -0.39 is 23.9 Å². The highest BCUT2D eigenvalue weighted by molar-refractivity contribution is 4.98. The van der Waals surface area contributed by atoms with Crippen molar-refractivity contribution < 1.29 is 23.4 Å². The van der Waals surface area contributed by atoms with E-state index in [2.05, 4.69) is 6.58 Å². The summed E-state index contributed by atoms with van der Waals surface area (Å²) >= 11 is 0. The van der Waals surface area contributed by atoms with Gasteiger partial charge in [-0.15, -0.1) is 0 Å². The van der Waals surface area contributed by atoms with E-state index in [0.29, 0.717) is 18.9 Å². The van der Waals surface area contributed by atoms with Crippen molar-refractivity contribution in [3.8, 4) is 0 Å². The van der Waals surface area contributed by atoms with Gasteiger partial charge in [0.05, 0.1) is 6.61 Å². The van der Waals surface area contributed by atoms with Crippen LogP contribution in [0.15, 0.2) is 12.7 Å². The molecule has 0 bridgehead atoms. The highest BCUT2D eigenvalue weighted by Gasteiger charge is 2.48. The molecule has 0 aromatic heterocycles. The summed E-state index contributed by atoms with van der Waals surface area (Å²) < 4.78 is 37.1. The van der Waals surface area contributed by atoms with Gasteiger partial charge in [-0.05, 0) is 18.9 Å². The third kappa shape index (κ3) is 2.42. The number of alkyl halides is 2. The third-order valence-corrected chi connectivity index (χ3v) is 2.97. The fraction of sp³-hybridized carbons (Fsp3) is 0.818. The molecule has 2 unspecified atom stereocenters. The second-order valence-corrected chi connectivity index (χ2v) is 3.91. The Morgan fingerprint density at radius 3 is 2.50 bits per heavy atom. The minimum Gasteiger partial charge on any atom is -0.384 e. The Bertz CT molecular complexity index is 252. The first kappa shape index (κ1) is 13.5. The number of aliphatic hydroxyl groups excluding tert-OH is 1. The van der Waals surface area contributed by atoms with Gasteiger partial charge < -0.3 is 14.6 Å². The van der Waals surface area contributed by atoms with Gasteiger partial charge in [0, 0.05) is 0 Å². The highest BCUT2D eigenvalue weighted by atomic mass is 19.3. The minimum atomic E-state index is -3.36. The summed E-state index contributed by atoms with van der Waals surface area (Å²) in [5, 5.41) is 9.47. The monoisotopic (exact) mass is 236 g/mol. The van der Waals surface area contributed by atoms with E-state index in [1.807, 2.05) is 13.8 Å². The Kier molecular flexibility index (Phi) is 4.04. The van der Waals surface area contributed by atoms with Crippen LogP contribution >= 0.6 is 0 Å². The van der Waals surface area contributed by atoms with Crippen LogP contribution in [0.1, 0.15) is 26.7 Å². The number of hydrogen-bond donors (Lipinski definition) is 1. The molecule has 16 heavy (non-hydrogen) atoms. The average Bonchev–Trinajstić information content (AvgIpc) is 2.73. The number of rotatable bonds is 5. The molecule has 1 aliphatic rings. The summed E-state index contributed by atoms with van der Waals surface area (Å²) in [7, 11) is 0. The van der Waals surface area contributed by atoms with Crippen LogP contribution in [0.5, 0.6) is 0 Å². The Hall–Kier alpha value is -0.520. The summed E-state index contributed by atoms with van der Waals surface area (Å²) in [4.78, 5) is 0.